The summed E-state index contributed by atoms with van der Waals surface area (Å²) in [7, 11) is 0. The van der Waals surface area contributed by atoms with Crippen molar-refractivity contribution in [3.63, 3.8) is 0 Å². The van der Waals surface area contributed by atoms with Gasteiger partial charge in [-0.3, -0.25) is 14.2 Å². The van der Waals surface area contributed by atoms with Gasteiger partial charge >= 0.3 is 0 Å². The molecule has 8 nitrogen and oxygen atoms in total. The van der Waals surface area contributed by atoms with Crippen molar-refractivity contribution in [3.8, 4) is 0 Å². The molecule has 0 radical (unpaired) electrons. The summed E-state index contributed by atoms with van der Waals surface area (Å²) in [5, 5.41) is 16.5. The molecule has 0 spiro atoms. The number of benzene rings is 1. The van der Waals surface area contributed by atoms with Crippen LogP contribution >= 0.6 is 11.6 Å². The molecule has 3 heterocycles. The van der Waals surface area contributed by atoms with E-state index in [-0.39, 0.29) is 5.91 Å². The number of aromatic nitrogens is 6. The summed E-state index contributed by atoms with van der Waals surface area (Å²) in [6.45, 7) is 4.94. The molecule has 0 saturated heterocycles. The molecule has 0 aliphatic rings. The molecule has 1 aromatic carbocycles. The third kappa shape index (κ3) is 4.55. The minimum absolute atomic E-state index is 0.292. The van der Waals surface area contributed by atoms with Crippen LogP contribution < -0.4 is 5.32 Å². The lowest BCUT2D eigenvalue weighted by Gasteiger charge is -2.04. The molecule has 0 unspecified atom stereocenters. The average Bonchev–Trinajstić information content (AvgIpc) is 3.37. The highest BCUT2D eigenvalue weighted by Crippen LogP contribution is 2.13. The van der Waals surface area contributed by atoms with E-state index in [1.54, 1.807) is 34.0 Å². The van der Waals surface area contributed by atoms with Crippen LogP contribution in [0.25, 0.3) is 0 Å². The van der Waals surface area contributed by atoms with Gasteiger partial charge in [0.1, 0.15) is 6.67 Å². The monoisotopic (exact) mass is 409 g/mol. The van der Waals surface area contributed by atoms with Crippen LogP contribution in [0.4, 0.5) is 5.69 Å². The van der Waals surface area contributed by atoms with E-state index in [1.807, 2.05) is 48.9 Å². The van der Waals surface area contributed by atoms with Gasteiger partial charge in [0.2, 0.25) is 0 Å². The number of carbonyl (C=O) groups is 1. The van der Waals surface area contributed by atoms with Crippen LogP contribution in [0, 0.1) is 13.8 Å². The minimum atomic E-state index is -0.292. The molecule has 0 atom stereocenters. The van der Waals surface area contributed by atoms with Crippen molar-refractivity contribution in [1.82, 2.24) is 29.3 Å². The lowest BCUT2D eigenvalue weighted by atomic mass is 10.2. The molecule has 0 bridgehead atoms. The summed E-state index contributed by atoms with van der Waals surface area (Å²) < 4.78 is 5.25. The van der Waals surface area contributed by atoms with Crippen LogP contribution in [-0.2, 0) is 13.2 Å². The molecule has 4 aromatic rings. The lowest BCUT2D eigenvalue weighted by molar-refractivity contribution is 0.102. The highest BCUT2D eigenvalue weighted by atomic mass is 35.5. The quantitative estimate of drug-likeness (QED) is 0.529. The fourth-order valence-corrected chi connectivity index (χ4v) is 3.26. The molecule has 0 aliphatic carbocycles. The Labute approximate surface area is 172 Å². The van der Waals surface area contributed by atoms with Gasteiger partial charge < -0.3 is 5.32 Å². The summed E-state index contributed by atoms with van der Waals surface area (Å²) in [5.74, 6) is -0.292. The number of hydrogen-bond acceptors (Lipinski definition) is 4. The van der Waals surface area contributed by atoms with E-state index >= 15 is 0 Å². The van der Waals surface area contributed by atoms with Crippen LogP contribution in [0.1, 0.15) is 27.4 Å². The summed E-state index contributed by atoms with van der Waals surface area (Å²) in [6, 6.07) is 11.3. The first-order valence-electron chi connectivity index (χ1n) is 9.09. The molecule has 0 fully saturated rings. The van der Waals surface area contributed by atoms with Gasteiger partial charge in [-0.15, -0.1) is 0 Å². The molecular formula is C20H20ClN7O. The Bertz CT molecular complexity index is 1160. The molecule has 148 valence electrons. The van der Waals surface area contributed by atoms with Crippen molar-refractivity contribution in [2.24, 2.45) is 0 Å². The summed E-state index contributed by atoms with van der Waals surface area (Å²) in [6.07, 6.45) is 5.13. The zero-order chi connectivity index (χ0) is 20.4. The van der Waals surface area contributed by atoms with E-state index in [9.17, 15) is 4.79 Å². The van der Waals surface area contributed by atoms with Crippen molar-refractivity contribution in [1.29, 1.82) is 0 Å². The fourth-order valence-electron chi connectivity index (χ4n) is 3.05. The second-order valence-corrected chi connectivity index (χ2v) is 7.26. The molecule has 9 heteroatoms. The Balaban J connectivity index is 1.39. The molecular weight excluding hydrogens is 390 g/mol. The largest absolute Gasteiger partial charge is 0.318 e. The molecule has 29 heavy (non-hydrogen) atoms. The number of hydrogen-bond donors (Lipinski definition) is 1. The number of aryl methyl sites for hydroxylation is 2. The van der Waals surface area contributed by atoms with Gasteiger partial charge in [0.25, 0.3) is 5.91 Å². The van der Waals surface area contributed by atoms with Gasteiger partial charge in [0.05, 0.1) is 24.1 Å². The first kappa shape index (κ1) is 18.9. The second kappa shape index (κ2) is 7.92. The number of nitrogens with zero attached hydrogens (tertiary/aromatic N) is 6. The van der Waals surface area contributed by atoms with Gasteiger partial charge in [-0.2, -0.15) is 15.3 Å². The molecule has 4 rings (SSSR count). The Kier molecular flexibility index (Phi) is 5.18. The number of anilines is 1. The average molecular weight is 410 g/mol. The normalized spacial score (nSPS) is 11.0. The Morgan fingerprint density at radius 1 is 1.14 bits per heavy atom. The van der Waals surface area contributed by atoms with Crippen LogP contribution in [-0.4, -0.2) is 35.2 Å². The lowest BCUT2D eigenvalue weighted by Crippen LogP contribution is -2.15. The Hall–Kier alpha value is -3.39. The van der Waals surface area contributed by atoms with Crippen molar-refractivity contribution in [2.75, 3.05) is 5.32 Å². The van der Waals surface area contributed by atoms with Crippen molar-refractivity contribution in [2.45, 2.75) is 27.1 Å². The Morgan fingerprint density at radius 2 is 2.00 bits per heavy atom. The number of rotatable bonds is 6. The molecule has 3 aromatic heterocycles. The number of carbonyl (C=O) groups excluding carboxylic acids is 1. The smallest absolute Gasteiger partial charge is 0.276 e. The second-order valence-electron chi connectivity index (χ2n) is 6.82. The van der Waals surface area contributed by atoms with E-state index in [0.717, 1.165) is 17.0 Å². The van der Waals surface area contributed by atoms with Crippen LogP contribution in [0.5, 0.6) is 0 Å². The standard InChI is InChI=1S/C20H20ClN7O/c1-14-8-15(2)28(24-14)13-26-7-6-19(25-26)20(29)23-18-10-22-27(12-18)11-16-4-3-5-17(21)9-16/h3-10,12H,11,13H2,1-2H3,(H,23,29). The van der Waals surface area contributed by atoms with Crippen LogP contribution in [0.2, 0.25) is 5.02 Å². The Morgan fingerprint density at radius 3 is 2.76 bits per heavy atom. The predicted octanol–water partition coefficient (Wildman–Crippen LogP) is 3.35. The highest BCUT2D eigenvalue weighted by molar-refractivity contribution is 6.30. The van der Waals surface area contributed by atoms with E-state index in [2.05, 4.69) is 20.6 Å². The number of nitrogens with one attached hydrogen (secondary N) is 1. The predicted molar refractivity (Wildman–Crippen MR) is 110 cm³/mol. The van der Waals surface area contributed by atoms with Crippen LogP contribution in [0.15, 0.2) is 55.0 Å². The van der Waals surface area contributed by atoms with Gasteiger partial charge in [0.15, 0.2) is 5.69 Å². The fraction of sp³-hybridized carbons (Fsp3) is 0.200. The maximum Gasteiger partial charge on any atom is 0.276 e. The van der Waals surface area contributed by atoms with Gasteiger partial charge in [0, 0.05) is 23.1 Å². The highest BCUT2D eigenvalue weighted by Gasteiger charge is 2.12. The van der Waals surface area contributed by atoms with Crippen molar-refractivity contribution in [3.05, 3.63) is 82.7 Å². The van der Waals surface area contributed by atoms with E-state index in [4.69, 9.17) is 11.6 Å². The number of amides is 1. The zero-order valence-electron chi connectivity index (χ0n) is 16.1. The van der Waals surface area contributed by atoms with Crippen molar-refractivity contribution < 1.29 is 4.79 Å². The first-order chi connectivity index (χ1) is 14.0. The topological polar surface area (TPSA) is 82.6 Å². The first-order valence-corrected chi connectivity index (χ1v) is 9.47. The van der Waals surface area contributed by atoms with E-state index < -0.39 is 0 Å². The van der Waals surface area contributed by atoms with Crippen LogP contribution in [0.3, 0.4) is 0 Å². The summed E-state index contributed by atoms with van der Waals surface area (Å²) in [4.78, 5) is 12.5. The SMILES string of the molecule is Cc1cc(C)n(Cn2ccc(C(=O)Nc3cnn(Cc4cccc(Cl)c4)c3)n2)n1. The zero-order valence-corrected chi connectivity index (χ0v) is 16.8. The van der Waals surface area contributed by atoms with Gasteiger partial charge in [-0.25, -0.2) is 4.68 Å². The maximum atomic E-state index is 12.5. The molecule has 1 amide bonds. The third-order valence-corrected chi connectivity index (χ3v) is 4.62. The van der Waals surface area contributed by atoms with Crippen molar-refractivity contribution >= 4 is 23.2 Å². The summed E-state index contributed by atoms with van der Waals surface area (Å²) >= 11 is 6.01. The third-order valence-electron chi connectivity index (χ3n) is 4.38. The van der Waals surface area contributed by atoms with E-state index in [1.165, 1.54) is 0 Å². The maximum absolute atomic E-state index is 12.5. The number of halogens is 1. The van der Waals surface area contributed by atoms with Gasteiger partial charge in [-0.05, 0) is 43.7 Å². The minimum Gasteiger partial charge on any atom is -0.318 e. The molecule has 1 N–H and O–H groups in total. The van der Waals surface area contributed by atoms with Gasteiger partial charge in [-0.1, -0.05) is 23.7 Å². The van der Waals surface area contributed by atoms with E-state index in [0.29, 0.717) is 29.6 Å². The molecule has 0 aliphatic heterocycles. The molecule has 0 saturated carbocycles. The summed E-state index contributed by atoms with van der Waals surface area (Å²) in [5.41, 5.74) is 3.94.